The maximum absolute atomic E-state index is 13.6. The molecule has 1 saturated heterocycles. The van der Waals surface area contributed by atoms with E-state index in [9.17, 15) is 9.18 Å². The molecular weight excluding hydrogens is 427 g/mol. The molecule has 0 N–H and O–H groups in total. The van der Waals surface area contributed by atoms with Gasteiger partial charge >= 0.3 is 0 Å². The number of hydrogen-bond acceptors (Lipinski definition) is 6. The number of rotatable bonds is 7. The number of piperazine rings is 1. The van der Waals surface area contributed by atoms with Gasteiger partial charge in [0.25, 0.3) is 5.91 Å². The first-order valence-corrected chi connectivity index (χ1v) is 11.9. The minimum absolute atomic E-state index is 0.00457. The van der Waals surface area contributed by atoms with Crippen LogP contribution in [0.2, 0.25) is 0 Å². The summed E-state index contributed by atoms with van der Waals surface area (Å²) in [6, 6.07) is 10.1. The highest BCUT2D eigenvalue weighted by Gasteiger charge is 2.30. The number of carbonyl (C=O) groups excluding carboxylic acids is 1. The lowest BCUT2D eigenvalue weighted by Crippen LogP contribution is -2.45. The van der Waals surface area contributed by atoms with Crippen molar-refractivity contribution in [3.05, 3.63) is 58.0 Å². The molecule has 3 heterocycles. The summed E-state index contributed by atoms with van der Waals surface area (Å²) in [7, 11) is 2.10. The maximum atomic E-state index is 13.6. The average Bonchev–Trinajstić information content (AvgIpc) is 3.48. The summed E-state index contributed by atoms with van der Waals surface area (Å²) < 4.78 is 19.4. The summed E-state index contributed by atoms with van der Waals surface area (Å²) in [5, 5.41) is 6.30. The van der Waals surface area contributed by atoms with Gasteiger partial charge in [-0.25, -0.2) is 4.39 Å². The van der Waals surface area contributed by atoms with Crippen molar-refractivity contribution in [2.45, 2.75) is 32.9 Å². The summed E-state index contributed by atoms with van der Waals surface area (Å²) in [6.07, 6.45) is 0.831. The topological polar surface area (TPSA) is 52.8 Å². The smallest absolute Gasteiger partial charge is 0.264 e. The molecule has 0 aliphatic carbocycles. The Morgan fingerprint density at radius 1 is 1.22 bits per heavy atom. The molecule has 0 bridgehead atoms. The van der Waals surface area contributed by atoms with E-state index in [1.165, 1.54) is 23.5 Å². The first-order valence-electron chi connectivity index (χ1n) is 11.0. The van der Waals surface area contributed by atoms with Crippen molar-refractivity contribution >= 4 is 23.1 Å². The van der Waals surface area contributed by atoms with E-state index in [-0.39, 0.29) is 17.8 Å². The number of thiophene rings is 1. The van der Waals surface area contributed by atoms with Crippen LogP contribution < -0.4 is 4.90 Å². The molecule has 170 valence electrons. The molecule has 32 heavy (non-hydrogen) atoms. The van der Waals surface area contributed by atoms with Gasteiger partial charge in [-0.2, -0.15) is 0 Å². The highest BCUT2D eigenvalue weighted by Crippen LogP contribution is 2.34. The van der Waals surface area contributed by atoms with Crippen molar-refractivity contribution in [2.75, 3.05) is 38.1 Å². The predicted octanol–water partition coefficient (Wildman–Crippen LogP) is 4.73. The van der Waals surface area contributed by atoms with E-state index < -0.39 is 0 Å². The number of anilines is 1. The predicted molar refractivity (Wildman–Crippen MR) is 126 cm³/mol. The maximum Gasteiger partial charge on any atom is 0.264 e. The third-order valence-corrected chi connectivity index (χ3v) is 6.98. The lowest BCUT2D eigenvalue weighted by Gasteiger charge is -2.33. The molecule has 1 aliphatic rings. The van der Waals surface area contributed by atoms with Gasteiger partial charge < -0.3 is 19.2 Å². The minimum Gasteiger partial charge on any atom is -0.338 e. The zero-order valence-corrected chi connectivity index (χ0v) is 19.6. The first-order chi connectivity index (χ1) is 15.5. The second kappa shape index (κ2) is 9.83. The normalized spacial score (nSPS) is 15.7. The molecule has 2 aromatic heterocycles. The Morgan fingerprint density at radius 3 is 2.56 bits per heavy atom. The molecule has 0 spiro atoms. The van der Waals surface area contributed by atoms with Gasteiger partial charge in [0.1, 0.15) is 11.5 Å². The van der Waals surface area contributed by atoms with Crippen molar-refractivity contribution in [3.63, 3.8) is 0 Å². The molecule has 0 saturated carbocycles. The van der Waals surface area contributed by atoms with Crippen LogP contribution in [0.1, 0.15) is 35.5 Å². The van der Waals surface area contributed by atoms with Gasteiger partial charge in [-0.3, -0.25) is 4.79 Å². The van der Waals surface area contributed by atoms with Crippen LogP contribution in [0.5, 0.6) is 0 Å². The van der Waals surface area contributed by atoms with Crippen molar-refractivity contribution in [1.29, 1.82) is 0 Å². The quantitative estimate of drug-likeness (QED) is 0.514. The second-order valence-corrected chi connectivity index (χ2v) is 9.23. The molecule has 1 aromatic carbocycles. The molecule has 0 unspecified atom stereocenters. The van der Waals surface area contributed by atoms with Gasteiger partial charge in [0, 0.05) is 37.8 Å². The molecule has 3 aromatic rings. The van der Waals surface area contributed by atoms with E-state index in [1.54, 1.807) is 12.1 Å². The number of halogens is 1. The van der Waals surface area contributed by atoms with Crippen LogP contribution in [0.15, 0.2) is 46.3 Å². The van der Waals surface area contributed by atoms with E-state index in [2.05, 4.69) is 35.9 Å². The largest absolute Gasteiger partial charge is 0.338 e. The van der Waals surface area contributed by atoms with Crippen LogP contribution in [0.25, 0.3) is 11.3 Å². The number of benzene rings is 1. The first kappa shape index (κ1) is 22.5. The van der Waals surface area contributed by atoms with Crippen LogP contribution in [-0.2, 0) is 6.54 Å². The number of likely N-dealkylation sites (N-methyl/N-ethyl adjacent to an activating group) is 1. The minimum atomic E-state index is -0.299. The van der Waals surface area contributed by atoms with Gasteiger partial charge in [-0.15, -0.1) is 11.3 Å². The molecule has 1 aliphatic heterocycles. The van der Waals surface area contributed by atoms with E-state index in [0.29, 0.717) is 23.0 Å². The van der Waals surface area contributed by atoms with Crippen LogP contribution >= 0.6 is 11.3 Å². The summed E-state index contributed by atoms with van der Waals surface area (Å²) >= 11 is 1.45. The van der Waals surface area contributed by atoms with Crippen molar-refractivity contribution in [2.24, 2.45) is 0 Å². The monoisotopic (exact) mass is 456 g/mol. The van der Waals surface area contributed by atoms with Gasteiger partial charge in [-0.1, -0.05) is 18.1 Å². The zero-order chi connectivity index (χ0) is 22.7. The average molecular weight is 457 g/mol. The number of aromatic nitrogens is 1. The van der Waals surface area contributed by atoms with Crippen LogP contribution in [0.3, 0.4) is 0 Å². The second-order valence-electron chi connectivity index (χ2n) is 8.28. The standard InChI is InChI=1S/C24H29FN4O2S/c1-4-17(2)29(23(30)21-6-5-15-32-21)16-20-22(18-7-9-19(25)10-8-18)26-31-24(20)28-13-11-27(3)12-14-28/h5-10,15,17H,4,11-14,16H2,1-3H3/t17-/m1/s1. The fraction of sp³-hybridized carbons (Fsp3) is 0.417. The lowest BCUT2D eigenvalue weighted by molar-refractivity contribution is 0.0677. The molecule has 1 fully saturated rings. The Balaban J connectivity index is 1.74. The number of hydrogen-bond donors (Lipinski definition) is 0. The summed E-state index contributed by atoms with van der Waals surface area (Å²) in [4.78, 5) is 20.5. The molecule has 0 radical (unpaired) electrons. The molecule has 1 atom stereocenters. The van der Waals surface area contributed by atoms with Crippen LogP contribution in [0.4, 0.5) is 10.3 Å². The van der Waals surface area contributed by atoms with Crippen LogP contribution in [-0.4, -0.2) is 60.1 Å². The van der Waals surface area contributed by atoms with Gasteiger partial charge in [-0.05, 0) is 56.1 Å². The van der Waals surface area contributed by atoms with Crippen molar-refractivity contribution in [1.82, 2.24) is 15.0 Å². The zero-order valence-electron chi connectivity index (χ0n) is 18.8. The Labute approximate surface area is 192 Å². The highest BCUT2D eigenvalue weighted by atomic mass is 32.1. The fourth-order valence-corrected chi connectivity index (χ4v) is 4.57. The lowest BCUT2D eigenvalue weighted by atomic mass is 10.0. The number of amides is 1. The van der Waals surface area contributed by atoms with E-state index in [0.717, 1.165) is 43.7 Å². The summed E-state index contributed by atoms with van der Waals surface area (Å²) in [5.74, 6) is 0.404. The van der Waals surface area contributed by atoms with Crippen molar-refractivity contribution in [3.8, 4) is 11.3 Å². The SMILES string of the molecule is CC[C@@H](C)N(Cc1c(-c2ccc(F)cc2)noc1N1CCN(C)CC1)C(=O)c1cccs1. The highest BCUT2D eigenvalue weighted by molar-refractivity contribution is 7.12. The molecule has 1 amide bonds. The molecular formula is C24H29FN4O2S. The van der Waals surface area contributed by atoms with Gasteiger partial charge in [0.15, 0.2) is 0 Å². The fourth-order valence-electron chi connectivity index (χ4n) is 3.90. The Morgan fingerprint density at radius 2 is 1.94 bits per heavy atom. The summed E-state index contributed by atoms with van der Waals surface area (Å²) in [6.45, 7) is 8.02. The van der Waals surface area contributed by atoms with Crippen LogP contribution in [0, 0.1) is 5.82 Å². The third kappa shape index (κ3) is 4.71. The number of nitrogens with zero attached hydrogens (tertiary/aromatic N) is 4. The van der Waals surface area contributed by atoms with E-state index in [1.807, 2.05) is 22.4 Å². The van der Waals surface area contributed by atoms with E-state index in [4.69, 9.17) is 4.52 Å². The van der Waals surface area contributed by atoms with Gasteiger partial charge in [0.05, 0.1) is 17.0 Å². The van der Waals surface area contributed by atoms with Gasteiger partial charge in [0.2, 0.25) is 5.88 Å². The Bertz CT molecular complexity index is 1030. The molecule has 8 heteroatoms. The third-order valence-electron chi connectivity index (χ3n) is 6.12. The van der Waals surface area contributed by atoms with E-state index >= 15 is 0 Å². The Kier molecular flexibility index (Phi) is 6.91. The van der Waals surface area contributed by atoms with Crippen molar-refractivity contribution < 1.29 is 13.7 Å². The Hall–Kier alpha value is -2.71. The summed E-state index contributed by atoms with van der Waals surface area (Å²) in [5.41, 5.74) is 2.30. The molecule has 6 nitrogen and oxygen atoms in total. The number of carbonyl (C=O) groups is 1. The molecule has 4 rings (SSSR count).